The van der Waals surface area contributed by atoms with E-state index in [-0.39, 0.29) is 11.9 Å². The Bertz CT molecular complexity index is 557. The van der Waals surface area contributed by atoms with Gasteiger partial charge in [-0.1, -0.05) is 26.2 Å². The molecule has 0 aromatic heterocycles. The van der Waals surface area contributed by atoms with Gasteiger partial charge in [-0.2, -0.15) is 0 Å². The number of nitrogens with one attached hydrogen (secondary N) is 2. The van der Waals surface area contributed by atoms with Crippen LogP contribution in [0.4, 0.5) is 5.69 Å². The first-order valence-corrected chi connectivity index (χ1v) is 9.66. The van der Waals surface area contributed by atoms with Crippen LogP contribution in [0.25, 0.3) is 0 Å². The summed E-state index contributed by atoms with van der Waals surface area (Å²) in [6, 6.07) is 3.29. The Hall–Kier alpha value is -1.60. The van der Waals surface area contributed by atoms with Crippen LogP contribution in [0.2, 0.25) is 0 Å². The summed E-state index contributed by atoms with van der Waals surface area (Å²) in [5, 5.41) is 6.72. The lowest BCUT2D eigenvalue weighted by Gasteiger charge is -2.16. The summed E-state index contributed by atoms with van der Waals surface area (Å²) >= 11 is 1.82. The average Bonchev–Trinajstić information content (AvgIpc) is 3.10. The largest absolute Gasteiger partial charge is 0.493 e. The maximum atomic E-state index is 12.5. The molecule has 0 aliphatic carbocycles. The van der Waals surface area contributed by atoms with Gasteiger partial charge in [0.05, 0.1) is 32.7 Å². The van der Waals surface area contributed by atoms with Crippen molar-refractivity contribution in [1.82, 2.24) is 5.32 Å². The van der Waals surface area contributed by atoms with E-state index in [4.69, 9.17) is 14.2 Å². The number of amides is 1. The van der Waals surface area contributed by atoms with Crippen LogP contribution < -0.4 is 24.8 Å². The van der Waals surface area contributed by atoms with Gasteiger partial charge in [-0.05, 0) is 6.42 Å². The summed E-state index contributed by atoms with van der Waals surface area (Å²) in [6.45, 7) is 2.20. The van der Waals surface area contributed by atoms with Gasteiger partial charge < -0.3 is 19.5 Å². The molecule has 0 saturated carbocycles. The van der Waals surface area contributed by atoms with E-state index in [1.807, 2.05) is 11.8 Å². The van der Waals surface area contributed by atoms with Crippen LogP contribution in [-0.2, 0) is 4.79 Å². The number of hydrogen-bond donors (Lipinski definition) is 2. The van der Waals surface area contributed by atoms with Crippen molar-refractivity contribution in [3.05, 3.63) is 12.1 Å². The van der Waals surface area contributed by atoms with Crippen LogP contribution >= 0.6 is 11.8 Å². The number of hydrogen-bond acceptors (Lipinski definition) is 6. The Morgan fingerprint density at radius 1 is 1.20 bits per heavy atom. The van der Waals surface area contributed by atoms with Crippen LogP contribution in [0.15, 0.2) is 12.1 Å². The number of unbranched alkanes of at least 4 members (excludes halogenated alkanes) is 2. The number of ether oxygens (including phenoxy) is 3. The zero-order chi connectivity index (χ0) is 18.2. The molecule has 1 amide bonds. The number of carbonyl (C=O) groups is 1. The monoisotopic (exact) mass is 368 g/mol. The van der Waals surface area contributed by atoms with Crippen LogP contribution in [-0.4, -0.2) is 44.4 Å². The minimum Gasteiger partial charge on any atom is -0.493 e. The molecule has 1 aliphatic rings. The molecule has 25 heavy (non-hydrogen) atoms. The van der Waals surface area contributed by atoms with Crippen molar-refractivity contribution in [3.8, 4) is 17.2 Å². The van der Waals surface area contributed by atoms with E-state index in [1.54, 1.807) is 33.5 Å². The summed E-state index contributed by atoms with van der Waals surface area (Å²) in [7, 11) is 4.66. The minimum absolute atomic E-state index is 0.0419. The molecule has 0 radical (unpaired) electrons. The highest BCUT2D eigenvalue weighted by atomic mass is 32.2. The van der Waals surface area contributed by atoms with Gasteiger partial charge in [-0.3, -0.25) is 10.1 Å². The minimum atomic E-state index is -0.185. The third-order valence-corrected chi connectivity index (χ3v) is 5.47. The van der Waals surface area contributed by atoms with Gasteiger partial charge in [-0.25, -0.2) is 0 Å². The van der Waals surface area contributed by atoms with E-state index in [9.17, 15) is 4.79 Å². The van der Waals surface area contributed by atoms with Crippen molar-refractivity contribution < 1.29 is 19.0 Å². The van der Waals surface area contributed by atoms with Crippen molar-refractivity contribution >= 4 is 23.4 Å². The fourth-order valence-corrected chi connectivity index (χ4v) is 4.08. The molecule has 2 atom stereocenters. The van der Waals surface area contributed by atoms with Gasteiger partial charge in [0.25, 0.3) is 0 Å². The molecule has 1 heterocycles. The van der Waals surface area contributed by atoms with Gasteiger partial charge >= 0.3 is 0 Å². The standard InChI is InChI=1S/C18H28N2O4S/c1-5-6-7-8-16-20-13(11-25-16)18(21)19-12-9-14(22-2)17(24-4)15(10-12)23-3/h9-10,13,16,20H,5-8,11H2,1-4H3,(H,19,21)/t13-,16+/m0/s1. The summed E-state index contributed by atoms with van der Waals surface area (Å²) in [6.07, 6.45) is 4.75. The van der Waals surface area contributed by atoms with Crippen LogP contribution in [0.1, 0.15) is 32.6 Å². The van der Waals surface area contributed by atoms with Crippen LogP contribution in [0.5, 0.6) is 17.2 Å². The van der Waals surface area contributed by atoms with E-state index >= 15 is 0 Å². The Labute approximate surface area is 154 Å². The second-order valence-corrected chi connectivity index (χ2v) is 7.18. The Kier molecular flexibility index (Phi) is 7.71. The summed E-state index contributed by atoms with van der Waals surface area (Å²) in [5.41, 5.74) is 0.626. The van der Waals surface area contributed by atoms with Gasteiger partial charge in [-0.15, -0.1) is 11.8 Å². The molecule has 0 unspecified atom stereocenters. The first kappa shape index (κ1) is 19.7. The molecule has 2 rings (SSSR count). The molecule has 140 valence electrons. The molecule has 1 aromatic rings. The Balaban J connectivity index is 1.99. The number of carbonyl (C=O) groups excluding carboxylic acids is 1. The highest BCUT2D eigenvalue weighted by molar-refractivity contribution is 8.00. The summed E-state index contributed by atoms with van der Waals surface area (Å²) < 4.78 is 15.9. The number of anilines is 1. The predicted octanol–water partition coefficient (Wildman–Crippen LogP) is 3.26. The van der Waals surface area contributed by atoms with Crippen LogP contribution in [0, 0.1) is 0 Å². The van der Waals surface area contributed by atoms with Gasteiger partial charge in [0.15, 0.2) is 11.5 Å². The quantitative estimate of drug-likeness (QED) is 0.652. The average molecular weight is 368 g/mol. The Morgan fingerprint density at radius 2 is 1.88 bits per heavy atom. The molecule has 6 nitrogen and oxygen atoms in total. The van der Waals surface area contributed by atoms with E-state index in [2.05, 4.69) is 17.6 Å². The molecule has 0 spiro atoms. The molecule has 1 aliphatic heterocycles. The molecule has 2 N–H and O–H groups in total. The van der Waals surface area contributed by atoms with Gasteiger partial charge in [0.1, 0.15) is 0 Å². The zero-order valence-electron chi connectivity index (χ0n) is 15.4. The first-order chi connectivity index (χ1) is 12.1. The third kappa shape index (κ3) is 5.19. The van der Waals surface area contributed by atoms with Gasteiger partial charge in [0, 0.05) is 23.6 Å². The molecule has 1 aromatic carbocycles. The SMILES string of the molecule is CCCCC[C@@H]1N[C@H](C(=O)Nc2cc(OC)c(OC)c(OC)c2)CS1. The highest BCUT2D eigenvalue weighted by Crippen LogP contribution is 2.40. The summed E-state index contributed by atoms with van der Waals surface area (Å²) in [5.74, 6) is 2.28. The lowest BCUT2D eigenvalue weighted by molar-refractivity contribution is -0.117. The topological polar surface area (TPSA) is 68.8 Å². The van der Waals surface area contributed by atoms with Crippen molar-refractivity contribution in [1.29, 1.82) is 0 Å². The lowest BCUT2D eigenvalue weighted by atomic mass is 10.2. The van der Waals surface area contributed by atoms with Gasteiger partial charge in [0.2, 0.25) is 11.7 Å². The molecule has 1 saturated heterocycles. The zero-order valence-corrected chi connectivity index (χ0v) is 16.2. The third-order valence-electron chi connectivity index (χ3n) is 4.17. The van der Waals surface area contributed by atoms with E-state index in [0.717, 1.165) is 12.2 Å². The maximum Gasteiger partial charge on any atom is 0.242 e. The lowest BCUT2D eigenvalue weighted by Crippen LogP contribution is -2.40. The molecular formula is C18H28N2O4S. The van der Waals surface area contributed by atoms with Crippen molar-refractivity contribution in [2.24, 2.45) is 0 Å². The number of rotatable bonds is 9. The fourth-order valence-electron chi connectivity index (χ4n) is 2.81. The number of thioether (sulfide) groups is 1. The number of methoxy groups -OCH3 is 3. The second-order valence-electron chi connectivity index (χ2n) is 5.94. The van der Waals surface area contributed by atoms with Crippen molar-refractivity contribution in [3.63, 3.8) is 0 Å². The predicted molar refractivity (Wildman–Crippen MR) is 102 cm³/mol. The smallest absolute Gasteiger partial charge is 0.242 e. The maximum absolute atomic E-state index is 12.5. The van der Waals surface area contributed by atoms with E-state index in [0.29, 0.717) is 28.3 Å². The number of benzene rings is 1. The molecule has 0 bridgehead atoms. The van der Waals surface area contributed by atoms with Crippen LogP contribution in [0.3, 0.4) is 0 Å². The molecule has 1 fully saturated rings. The normalized spacial score (nSPS) is 19.5. The van der Waals surface area contributed by atoms with Crippen molar-refractivity contribution in [2.45, 2.75) is 44.0 Å². The molecule has 7 heteroatoms. The van der Waals surface area contributed by atoms with Crippen molar-refractivity contribution in [2.75, 3.05) is 32.4 Å². The molecular weight excluding hydrogens is 340 g/mol. The van der Waals surface area contributed by atoms with E-state index in [1.165, 1.54) is 19.3 Å². The highest BCUT2D eigenvalue weighted by Gasteiger charge is 2.29. The fraction of sp³-hybridized carbons (Fsp3) is 0.611. The Morgan fingerprint density at radius 3 is 2.44 bits per heavy atom. The van der Waals surface area contributed by atoms with E-state index < -0.39 is 0 Å². The summed E-state index contributed by atoms with van der Waals surface area (Å²) in [4.78, 5) is 12.5. The second kappa shape index (κ2) is 9.77. The first-order valence-electron chi connectivity index (χ1n) is 8.61.